The van der Waals surface area contributed by atoms with Crippen molar-refractivity contribution in [2.75, 3.05) is 18.8 Å². The van der Waals surface area contributed by atoms with E-state index in [2.05, 4.69) is 45.2 Å². The van der Waals surface area contributed by atoms with Crippen molar-refractivity contribution in [1.82, 2.24) is 14.9 Å². The molecule has 2 aromatic carbocycles. The van der Waals surface area contributed by atoms with E-state index in [0.29, 0.717) is 17.6 Å². The van der Waals surface area contributed by atoms with Crippen LogP contribution in [0.5, 0.6) is 0 Å². The van der Waals surface area contributed by atoms with Gasteiger partial charge >= 0.3 is 0 Å². The van der Waals surface area contributed by atoms with Gasteiger partial charge in [-0.05, 0) is 54.3 Å². The first kappa shape index (κ1) is 17.0. The highest BCUT2D eigenvalue weighted by atomic mass is 35.5. The molecule has 0 radical (unpaired) electrons. The highest BCUT2D eigenvalue weighted by Crippen LogP contribution is 2.30. The van der Waals surface area contributed by atoms with Gasteiger partial charge in [0.2, 0.25) is 0 Å². The quantitative estimate of drug-likeness (QED) is 0.746. The lowest BCUT2D eigenvalue weighted by Gasteiger charge is -2.17. The van der Waals surface area contributed by atoms with E-state index in [9.17, 15) is 0 Å². The van der Waals surface area contributed by atoms with Crippen LogP contribution < -0.4 is 5.73 Å². The van der Waals surface area contributed by atoms with E-state index in [4.69, 9.17) is 17.3 Å². The first-order valence-corrected chi connectivity index (χ1v) is 9.21. The van der Waals surface area contributed by atoms with Gasteiger partial charge in [0.05, 0.1) is 0 Å². The predicted molar refractivity (Wildman–Crippen MR) is 106 cm³/mol. The SMILES string of the molecule is Nc1ccnc(-c2cccc(CN3CCC(c4cccc(Cl)c4)C3)c2)n1. The van der Waals surface area contributed by atoms with Gasteiger partial charge in [0, 0.05) is 29.9 Å². The summed E-state index contributed by atoms with van der Waals surface area (Å²) in [6.07, 6.45) is 2.86. The minimum absolute atomic E-state index is 0.490. The van der Waals surface area contributed by atoms with Gasteiger partial charge in [-0.25, -0.2) is 9.97 Å². The Labute approximate surface area is 158 Å². The molecule has 0 saturated carbocycles. The number of hydrogen-bond acceptors (Lipinski definition) is 4. The Morgan fingerprint density at radius 1 is 1.12 bits per heavy atom. The van der Waals surface area contributed by atoms with E-state index in [-0.39, 0.29) is 0 Å². The molecule has 0 aliphatic carbocycles. The second kappa shape index (κ2) is 7.44. The molecule has 5 heteroatoms. The van der Waals surface area contributed by atoms with Crippen LogP contribution in [0.1, 0.15) is 23.5 Å². The fourth-order valence-electron chi connectivity index (χ4n) is 3.59. The summed E-state index contributed by atoms with van der Waals surface area (Å²) in [4.78, 5) is 11.1. The lowest BCUT2D eigenvalue weighted by atomic mass is 9.99. The molecule has 1 aliphatic heterocycles. The average molecular weight is 365 g/mol. The second-order valence-corrected chi connectivity index (χ2v) is 7.22. The first-order valence-electron chi connectivity index (χ1n) is 8.83. The number of aromatic nitrogens is 2. The van der Waals surface area contributed by atoms with Crippen molar-refractivity contribution >= 4 is 17.4 Å². The first-order chi connectivity index (χ1) is 12.7. The normalized spacial score (nSPS) is 17.5. The average Bonchev–Trinajstić information content (AvgIpc) is 3.10. The molecule has 2 heterocycles. The van der Waals surface area contributed by atoms with Gasteiger partial charge in [-0.1, -0.05) is 41.9 Å². The number of halogens is 1. The Morgan fingerprint density at radius 2 is 2.00 bits per heavy atom. The summed E-state index contributed by atoms with van der Waals surface area (Å²) in [6, 6.07) is 18.3. The number of likely N-dealkylation sites (tertiary alicyclic amines) is 1. The zero-order chi connectivity index (χ0) is 17.9. The zero-order valence-corrected chi connectivity index (χ0v) is 15.2. The predicted octanol–water partition coefficient (Wildman–Crippen LogP) is 4.37. The summed E-state index contributed by atoms with van der Waals surface area (Å²) in [7, 11) is 0. The van der Waals surface area contributed by atoms with E-state index in [1.807, 2.05) is 18.2 Å². The minimum Gasteiger partial charge on any atom is -0.384 e. The molecule has 4 nitrogen and oxygen atoms in total. The molecule has 1 saturated heterocycles. The maximum Gasteiger partial charge on any atom is 0.161 e. The summed E-state index contributed by atoms with van der Waals surface area (Å²) in [5.74, 6) is 1.71. The summed E-state index contributed by atoms with van der Waals surface area (Å²) < 4.78 is 0. The number of benzene rings is 2. The molecule has 1 atom stereocenters. The van der Waals surface area contributed by atoms with Crippen LogP contribution in [0, 0.1) is 0 Å². The third-order valence-corrected chi connectivity index (χ3v) is 5.10. The molecule has 132 valence electrons. The van der Waals surface area contributed by atoms with Crippen molar-refractivity contribution in [2.45, 2.75) is 18.9 Å². The molecule has 0 amide bonds. The minimum atomic E-state index is 0.490. The fraction of sp³-hybridized carbons (Fsp3) is 0.238. The van der Waals surface area contributed by atoms with Crippen molar-refractivity contribution < 1.29 is 0 Å². The number of rotatable bonds is 4. The number of nitrogens with zero attached hydrogens (tertiary/aromatic N) is 3. The van der Waals surface area contributed by atoms with Crippen LogP contribution in [-0.4, -0.2) is 28.0 Å². The smallest absolute Gasteiger partial charge is 0.161 e. The molecule has 1 aliphatic rings. The maximum atomic E-state index is 6.14. The van der Waals surface area contributed by atoms with Crippen molar-refractivity contribution in [3.63, 3.8) is 0 Å². The molecule has 26 heavy (non-hydrogen) atoms. The van der Waals surface area contributed by atoms with E-state index in [1.165, 1.54) is 17.5 Å². The summed E-state index contributed by atoms with van der Waals surface area (Å²) in [6.45, 7) is 3.07. The van der Waals surface area contributed by atoms with Crippen LogP contribution in [0.15, 0.2) is 60.8 Å². The molecular weight excluding hydrogens is 344 g/mol. The van der Waals surface area contributed by atoms with Crippen LogP contribution in [0.2, 0.25) is 5.02 Å². The Balaban J connectivity index is 1.46. The molecular formula is C21H21ClN4. The van der Waals surface area contributed by atoms with E-state index >= 15 is 0 Å². The largest absolute Gasteiger partial charge is 0.384 e. The number of hydrogen-bond donors (Lipinski definition) is 1. The third-order valence-electron chi connectivity index (χ3n) is 4.86. The summed E-state index contributed by atoms with van der Waals surface area (Å²) >= 11 is 6.14. The molecule has 0 spiro atoms. The molecule has 1 fully saturated rings. The Bertz CT molecular complexity index is 912. The van der Waals surface area contributed by atoms with Gasteiger partial charge in [-0.2, -0.15) is 0 Å². The Morgan fingerprint density at radius 3 is 2.85 bits per heavy atom. The van der Waals surface area contributed by atoms with Crippen LogP contribution in [0.4, 0.5) is 5.82 Å². The van der Waals surface area contributed by atoms with Gasteiger partial charge in [-0.15, -0.1) is 0 Å². The highest BCUT2D eigenvalue weighted by Gasteiger charge is 2.24. The number of nitrogen functional groups attached to an aromatic ring is 1. The van der Waals surface area contributed by atoms with Gasteiger partial charge in [-0.3, -0.25) is 4.90 Å². The Hall–Kier alpha value is -2.43. The van der Waals surface area contributed by atoms with Crippen LogP contribution in [0.3, 0.4) is 0 Å². The van der Waals surface area contributed by atoms with Crippen LogP contribution in [0.25, 0.3) is 11.4 Å². The standard InChI is InChI=1S/C21H21ClN4/c22-19-6-2-4-16(12-19)18-8-10-26(14-18)13-15-3-1-5-17(11-15)21-24-9-7-20(23)25-21/h1-7,9,11-12,18H,8,10,13-14H2,(H2,23,24,25). The monoisotopic (exact) mass is 364 g/mol. The number of anilines is 1. The molecule has 3 aromatic rings. The zero-order valence-electron chi connectivity index (χ0n) is 14.5. The summed E-state index contributed by atoms with van der Waals surface area (Å²) in [5.41, 5.74) is 9.38. The molecule has 1 unspecified atom stereocenters. The Kier molecular flexibility index (Phi) is 4.87. The molecule has 4 rings (SSSR count). The third kappa shape index (κ3) is 3.87. The molecule has 0 bridgehead atoms. The lowest BCUT2D eigenvalue weighted by molar-refractivity contribution is 0.327. The van der Waals surface area contributed by atoms with Crippen molar-refractivity contribution in [3.8, 4) is 11.4 Å². The van der Waals surface area contributed by atoms with Gasteiger partial charge in [0.25, 0.3) is 0 Å². The van der Waals surface area contributed by atoms with Gasteiger partial charge < -0.3 is 5.73 Å². The lowest BCUT2D eigenvalue weighted by Crippen LogP contribution is -2.19. The highest BCUT2D eigenvalue weighted by molar-refractivity contribution is 6.30. The topological polar surface area (TPSA) is 55.0 Å². The summed E-state index contributed by atoms with van der Waals surface area (Å²) in [5, 5.41) is 0.816. The number of nitrogens with two attached hydrogens (primary N) is 1. The van der Waals surface area contributed by atoms with Gasteiger partial charge in [0.15, 0.2) is 5.82 Å². The van der Waals surface area contributed by atoms with Crippen LogP contribution >= 0.6 is 11.6 Å². The maximum absolute atomic E-state index is 6.14. The van der Waals surface area contributed by atoms with E-state index in [0.717, 1.165) is 30.2 Å². The van der Waals surface area contributed by atoms with Crippen LogP contribution in [-0.2, 0) is 6.54 Å². The van der Waals surface area contributed by atoms with E-state index < -0.39 is 0 Å². The second-order valence-electron chi connectivity index (χ2n) is 6.78. The molecule has 2 N–H and O–H groups in total. The van der Waals surface area contributed by atoms with Crippen molar-refractivity contribution in [1.29, 1.82) is 0 Å². The van der Waals surface area contributed by atoms with Crippen molar-refractivity contribution in [3.05, 3.63) is 76.9 Å². The molecule has 1 aromatic heterocycles. The fourth-order valence-corrected chi connectivity index (χ4v) is 3.79. The van der Waals surface area contributed by atoms with Crippen molar-refractivity contribution in [2.24, 2.45) is 0 Å². The van der Waals surface area contributed by atoms with Gasteiger partial charge in [0.1, 0.15) is 5.82 Å². The van der Waals surface area contributed by atoms with E-state index in [1.54, 1.807) is 12.3 Å².